The van der Waals surface area contributed by atoms with Crippen LogP contribution in [0.1, 0.15) is 26.5 Å². The smallest absolute Gasteiger partial charge is 0.265 e. The molecule has 0 aliphatic carbocycles. The predicted octanol–water partition coefficient (Wildman–Crippen LogP) is 3.97. The molecule has 4 rings (SSSR count). The Bertz CT molecular complexity index is 1180. The molecule has 7 nitrogen and oxygen atoms in total. The molecule has 2 heterocycles. The number of carbonyl (C=O) groups is 1. The number of rotatable bonds is 6. The fourth-order valence-electron chi connectivity index (χ4n) is 3.88. The molecule has 1 aliphatic heterocycles. The van der Waals surface area contributed by atoms with Gasteiger partial charge in [0.1, 0.15) is 9.88 Å². The lowest BCUT2D eigenvalue weighted by Crippen LogP contribution is -2.48. The van der Waals surface area contributed by atoms with E-state index in [4.69, 9.17) is 14.7 Å². The molecule has 3 aromatic rings. The van der Waals surface area contributed by atoms with Crippen molar-refractivity contribution < 1.29 is 14.3 Å². The van der Waals surface area contributed by atoms with Crippen LogP contribution in [0.3, 0.4) is 0 Å². The van der Waals surface area contributed by atoms with Crippen molar-refractivity contribution in [1.82, 2.24) is 14.8 Å². The van der Waals surface area contributed by atoms with E-state index in [1.165, 1.54) is 16.9 Å². The van der Waals surface area contributed by atoms with Crippen LogP contribution in [0.2, 0.25) is 0 Å². The highest BCUT2D eigenvalue weighted by molar-refractivity contribution is 7.17. The summed E-state index contributed by atoms with van der Waals surface area (Å²) >= 11 is 1.42. The minimum Gasteiger partial charge on any atom is -0.493 e. The van der Waals surface area contributed by atoms with Gasteiger partial charge in [0.2, 0.25) is 0 Å². The van der Waals surface area contributed by atoms with Gasteiger partial charge in [-0.15, -0.1) is 11.3 Å². The van der Waals surface area contributed by atoms with E-state index in [0.717, 1.165) is 35.9 Å². The van der Waals surface area contributed by atoms with E-state index in [0.29, 0.717) is 35.0 Å². The lowest BCUT2D eigenvalue weighted by molar-refractivity contribution is 0.0632. The van der Waals surface area contributed by atoms with E-state index in [9.17, 15) is 4.79 Å². The Morgan fingerprint density at radius 2 is 1.76 bits per heavy atom. The maximum absolute atomic E-state index is 13.2. The predicted molar refractivity (Wildman–Crippen MR) is 128 cm³/mol. The number of benzene rings is 2. The van der Waals surface area contributed by atoms with Crippen LogP contribution in [0.15, 0.2) is 42.5 Å². The standard InChI is InChI=1S/C25H26N4O3S/c1-17-23(33-24(27-17)20-8-9-21(31-2)22(14-20)32-3)25(30)29-12-10-28(11-13-29)16-19-6-4-18(15-26)5-7-19/h4-9,14H,10-13,16H2,1-3H3. The Morgan fingerprint density at radius 3 is 2.39 bits per heavy atom. The topological polar surface area (TPSA) is 78.7 Å². The molecule has 1 saturated heterocycles. The van der Waals surface area contributed by atoms with Crippen molar-refractivity contribution in [3.8, 4) is 28.1 Å². The second-order valence-electron chi connectivity index (χ2n) is 7.88. The summed E-state index contributed by atoms with van der Waals surface area (Å²) in [7, 11) is 3.21. The minimum absolute atomic E-state index is 0.0368. The van der Waals surface area contributed by atoms with Crippen LogP contribution in [-0.4, -0.2) is 61.1 Å². The van der Waals surface area contributed by atoms with Gasteiger partial charge in [-0.1, -0.05) is 12.1 Å². The number of methoxy groups -OCH3 is 2. The van der Waals surface area contributed by atoms with Crippen LogP contribution in [0.4, 0.5) is 0 Å². The van der Waals surface area contributed by atoms with Gasteiger partial charge in [-0.2, -0.15) is 5.26 Å². The van der Waals surface area contributed by atoms with Gasteiger partial charge in [-0.05, 0) is 42.8 Å². The number of hydrogen-bond acceptors (Lipinski definition) is 7. The zero-order valence-corrected chi connectivity index (χ0v) is 19.8. The SMILES string of the molecule is COc1ccc(-c2nc(C)c(C(=O)N3CCN(Cc4ccc(C#N)cc4)CC3)s2)cc1OC. The van der Waals surface area contributed by atoms with Crippen LogP contribution in [0, 0.1) is 18.3 Å². The first kappa shape index (κ1) is 22.8. The average Bonchev–Trinajstić information content (AvgIpc) is 3.25. The third kappa shape index (κ3) is 5.00. The van der Waals surface area contributed by atoms with Crippen molar-refractivity contribution in [2.75, 3.05) is 40.4 Å². The van der Waals surface area contributed by atoms with Crippen molar-refractivity contribution >= 4 is 17.2 Å². The molecule has 1 amide bonds. The minimum atomic E-state index is 0.0368. The molecule has 1 aliphatic rings. The molecule has 1 fully saturated rings. The number of hydrogen-bond donors (Lipinski definition) is 0. The maximum Gasteiger partial charge on any atom is 0.265 e. The molecule has 0 atom stereocenters. The van der Waals surface area contributed by atoms with Crippen LogP contribution in [-0.2, 0) is 6.54 Å². The third-order valence-corrected chi connectivity index (χ3v) is 6.96. The summed E-state index contributed by atoms with van der Waals surface area (Å²) in [6.45, 7) is 5.68. The maximum atomic E-state index is 13.2. The summed E-state index contributed by atoms with van der Waals surface area (Å²) in [5.41, 5.74) is 3.48. The van der Waals surface area contributed by atoms with Gasteiger partial charge in [-0.3, -0.25) is 9.69 Å². The highest BCUT2D eigenvalue weighted by Gasteiger charge is 2.26. The highest BCUT2D eigenvalue weighted by Crippen LogP contribution is 2.35. The molecule has 1 aromatic heterocycles. The lowest BCUT2D eigenvalue weighted by Gasteiger charge is -2.34. The molecule has 170 valence electrons. The van der Waals surface area contributed by atoms with Gasteiger partial charge in [-0.25, -0.2) is 4.98 Å². The number of nitriles is 1. The molecule has 33 heavy (non-hydrogen) atoms. The number of aryl methyl sites for hydroxylation is 1. The lowest BCUT2D eigenvalue weighted by atomic mass is 10.1. The molecule has 0 spiro atoms. The quantitative estimate of drug-likeness (QED) is 0.552. The number of aromatic nitrogens is 1. The summed E-state index contributed by atoms with van der Waals surface area (Å²) in [6.07, 6.45) is 0. The van der Waals surface area contributed by atoms with E-state index < -0.39 is 0 Å². The van der Waals surface area contributed by atoms with Gasteiger partial charge < -0.3 is 14.4 Å². The number of ether oxygens (including phenoxy) is 2. The van der Waals surface area contributed by atoms with Crippen LogP contribution in [0.5, 0.6) is 11.5 Å². The van der Waals surface area contributed by atoms with Gasteiger partial charge in [0.15, 0.2) is 11.5 Å². The molecule has 2 aromatic carbocycles. The first-order chi connectivity index (χ1) is 16.0. The van der Waals surface area contributed by atoms with Crippen molar-refractivity contribution in [2.24, 2.45) is 0 Å². The summed E-state index contributed by atoms with van der Waals surface area (Å²) in [5, 5.41) is 9.73. The zero-order valence-electron chi connectivity index (χ0n) is 19.0. The second kappa shape index (κ2) is 10.0. The molecule has 0 bridgehead atoms. The number of piperazine rings is 1. The van der Waals surface area contributed by atoms with Gasteiger partial charge in [0.25, 0.3) is 5.91 Å². The van der Waals surface area contributed by atoms with Gasteiger partial charge in [0, 0.05) is 38.3 Å². The Labute approximate surface area is 197 Å². The van der Waals surface area contributed by atoms with Crippen LogP contribution >= 0.6 is 11.3 Å². The fraction of sp³-hybridized carbons (Fsp3) is 0.320. The monoisotopic (exact) mass is 462 g/mol. The molecule has 0 unspecified atom stereocenters. The summed E-state index contributed by atoms with van der Waals surface area (Å²) in [4.78, 5) is 22.8. The molecule has 0 radical (unpaired) electrons. The van der Waals surface area contributed by atoms with Crippen molar-refractivity contribution in [2.45, 2.75) is 13.5 Å². The van der Waals surface area contributed by atoms with Gasteiger partial charge >= 0.3 is 0 Å². The number of amides is 1. The molecular weight excluding hydrogens is 436 g/mol. The number of thiazole rings is 1. The highest BCUT2D eigenvalue weighted by atomic mass is 32.1. The first-order valence-electron chi connectivity index (χ1n) is 10.7. The van der Waals surface area contributed by atoms with Gasteiger partial charge in [0.05, 0.1) is 31.5 Å². The third-order valence-electron chi connectivity index (χ3n) is 5.77. The van der Waals surface area contributed by atoms with Crippen molar-refractivity contribution in [3.63, 3.8) is 0 Å². The molecule has 8 heteroatoms. The van der Waals surface area contributed by atoms with E-state index >= 15 is 0 Å². The number of carbonyl (C=O) groups excluding carboxylic acids is 1. The van der Waals surface area contributed by atoms with E-state index in [2.05, 4.69) is 16.0 Å². The van der Waals surface area contributed by atoms with E-state index in [1.807, 2.05) is 54.3 Å². The Kier molecular flexibility index (Phi) is 6.92. The molecule has 0 saturated carbocycles. The van der Waals surface area contributed by atoms with Crippen molar-refractivity contribution in [3.05, 3.63) is 64.2 Å². The van der Waals surface area contributed by atoms with E-state index in [-0.39, 0.29) is 5.91 Å². The zero-order chi connectivity index (χ0) is 23.4. The summed E-state index contributed by atoms with van der Waals surface area (Å²) in [6, 6.07) is 15.5. The summed E-state index contributed by atoms with van der Waals surface area (Å²) < 4.78 is 10.7. The fourth-order valence-corrected chi connectivity index (χ4v) is 4.91. The Morgan fingerprint density at radius 1 is 1.06 bits per heavy atom. The summed E-state index contributed by atoms with van der Waals surface area (Å²) in [5.74, 6) is 1.33. The Balaban J connectivity index is 1.41. The molecule has 0 N–H and O–H groups in total. The van der Waals surface area contributed by atoms with Crippen LogP contribution in [0.25, 0.3) is 10.6 Å². The normalized spacial score (nSPS) is 14.1. The van der Waals surface area contributed by atoms with Crippen LogP contribution < -0.4 is 9.47 Å². The second-order valence-corrected chi connectivity index (χ2v) is 8.88. The number of nitrogens with zero attached hydrogens (tertiary/aromatic N) is 4. The van der Waals surface area contributed by atoms with E-state index in [1.54, 1.807) is 14.2 Å². The van der Waals surface area contributed by atoms with Crippen molar-refractivity contribution in [1.29, 1.82) is 5.26 Å². The Hall–Kier alpha value is -3.41. The largest absolute Gasteiger partial charge is 0.493 e. The molecular formula is C25H26N4O3S. The average molecular weight is 463 g/mol. The first-order valence-corrected chi connectivity index (χ1v) is 11.5.